The highest BCUT2D eigenvalue weighted by atomic mass is 16.5. The predicted octanol–water partition coefficient (Wildman–Crippen LogP) is 1.47. The lowest BCUT2D eigenvalue weighted by Gasteiger charge is -2.25. The van der Waals surface area contributed by atoms with Crippen LogP contribution in [0.5, 0.6) is 0 Å². The van der Waals surface area contributed by atoms with Crippen molar-refractivity contribution < 1.29 is 4.74 Å². The summed E-state index contributed by atoms with van der Waals surface area (Å²) in [7, 11) is 0. The van der Waals surface area contributed by atoms with Gasteiger partial charge in [0.15, 0.2) is 0 Å². The maximum Gasteiger partial charge on any atom is 0.0990 e. The lowest BCUT2D eigenvalue weighted by Crippen LogP contribution is -2.31. The fourth-order valence-electron chi connectivity index (χ4n) is 1.31. The van der Waals surface area contributed by atoms with Crippen LogP contribution in [-0.4, -0.2) is 31.3 Å². The van der Waals surface area contributed by atoms with Crippen molar-refractivity contribution in [1.29, 1.82) is 0 Å². The topological polar surface area (TPSA) is 12.5 Å². The Bertz CT molecular complexity index is 79.3. The third kappa shape index (κ3) is 2.67. The van der Waals surface area contributed by atoms with E-state index in [1.807, 2.05) is 6.92 Å². The molecule has 0 unspecified atom stereocenters. The smallest absolute Gasteiger partial charge is 0.0990 e. The van der Waals surface area contributed by atoms with Crippen LogP contribution in [0.3, 0.4) is 0 Å². The Morgan fingerprint density at radius 3 is 2.50 bits per heavy atom. The second kappa shape index (κ2) is 4.69. The fourth-order valence-corrected chi connectivity index (χ4v) is 1.31. The molecule has 10 heavy (non-hydrogen) atoms. The number of hydrogen-bond donors (Lipinski definition) is 0. The molecule has 0 radical (unpaired) electrons. The van der Waals surface area contributed by atoms with Gasteiger partial charge >= 0.3 is 0 Å². The zero-order valence-electron chi connectivity index (χ0n) is 6.81. The average Bonchev–Trinajstić information content (AvgIpc) is 2.03. The molecule has 0 aromatic rings. The van der Waals surface area contributed by atoms with Gasteiger partial charge in [-0.25, -0.2) is 0 Å². The molecule has 1 saturated heterocycles. The van der Waals surface area contributed by atoms with Crippen LogP contribution in [0, 0.1) is 0 Å². The molecule has 0 saturated carbocycles. The first kappa shape index (κ1) is 8.02. The normalized spacial score (nSPS) is 21.3. The lowest BCUT2D eigenvalue weighted by atomic mass is 10.1. The van der Waals surface area contributed by atoms with Crippen LogP contribution in [0.1, 0.15) is 26.2 Å². The Hall–Kier alpha value is -0.0800. The summed E-state index contributed by atoms with van der Waals surface area (Å²) >= 11 is 0. The van der Waals surface area contributed by atoms with Crippen LogP contribution in [0.15, 0.2) is 0 Å². The molecule has 1 heterocycles. The standard InChI is InChI=1S/C8H17NO/c1-2-10-8-9-6-4-3-5-7-9/h2-8H2,1H3. The van der Waals surface area contributed by atoms with Gasteiger partial charge < -0.3 is 4.74 Å². The molecule has 60 valence electrons. The van der Waals surface area contributed by atoms with Crippen molar-refractivity contribution in [2.24, 2.45) is 0 Å². The van der Waals surface area contributed by atoms with Crippen LogP contribution in [-0.2, 0) is 4.74 Å². The molecular weight excluding hydrogens is 126 g/mol. The molecule has 0 aromatic heterocycles. The monoisotopic (exact) mass is 143 g/mol. The van der Waals surface area contributed by atoms with E-state index in [0.29, 0.717) is 0 Å². The molecule has 0 amide bonds. The quantitative estimate of drug-likeness (QED) is 0.593. The van der Waals surface area contributed by atoms with Gasteiger partial charge in [-0.2, -0.15) is 0 Å². The van der Waals surface area contributed by atoms with Gasteiger partial charge in [0, 0.05) is 19.7 Å². The number of hydrogen-bond acceptors (Lipinski definition) is 2. The van der Waals surface area contributed by atoms with Crippen LogP contribution in [0.4, 0.5) is 0 Å². The highest BCUT2D eigenvalue weighted by molar-refractivity contribution is 4.60. The average molecular weight is 143 g/mol. The Morgan fingerprint density at radius 2 is 1.90 bits per heavy atom. The predicted molar refractivity (Wildman–Crippen MR) is 41.9 cm³/mol. The molecule has 2 heteroatoms. The van der Waals surface area contributed by atoms with Gasteiger partial charge in [0.05, 0.1) is 6.73 Å². The van der Waals surface area contributed by atoms with E-state index in [4.69, 9.17) is 4.74 Å². The zero-order chi connectivity index (χ0) is 7.23. The molecule has 0 atom stereocenters. The molecule has 1 rings (SSSR count). The summed E-state index contributed by atoms with van der Waals surface area (Å²) in [5.74, 6) is 0. The molecule has 1 aliphatic heterocycles. The van der Waals surface area contributed by atoms with E-state index in [2.05, 4.69) is 4.90 Å². The molecular formula is C8H17NO. The Kier molecular flexibility index (Phi) is 3.76. The van der Waals surface area contributed by atoms with Crippen molar-refractivity contribution in [3.63, 3.8) is 0 Å². The Labute approximate surface area is 63.2 Å². The lowest BCUT2D eigenvalue weighted by molar-refractivity contribution is 0.0254. The molecule has 0 aromatic carbocycles. The maximum atomic E-state index is 5.30. The minimum atomic E-state index is 0.844. The van der Waals surface area contributed by atoms with Gasteiger partial charge in [-0.1, -0.05) is 6.42 Å². The number of likely N-dealkylation sites (tertiary alicyclic amines) is 1. The van der Waals surface area contributed by atoms with Crippen LogP contribution < -0.4 is 0 Å². The minimum absolute atomic E-state index is 0.844. The maximum absolute atomic E-state index is 5.30. The largest absolute Gasteiger partial charge is 0.366 e. The Balaban J connectivity index is 2.02. The number of ether oxygens (including phenoxy) is 1. The van der Waals surface area contributed by atoms with Crippen LogP contribution in [0.25, 0.3) is 0 Å². The van der Waals surface area contributed by atoms with Gasteiger partial charge in [0.25, 0.3) is 0 Å². The van der Waals surface area contributed by atoms with E-state index in [1.54, 1.807) is 0 Å². The van der Waals surface area contributed by atoms with Crippen molar-refractivity contribution in [2.75, 3.05) is 26.4 Å². The summed E-state index contributed by atoms with van der Waals surface area (Å²) in [4.78, 5) is 2.38. The Morgan fingerprint density at radius 1 is 1.20 bits per heavy atom. The molecule has 0 aliphatic carbocycles. The molecule has 1 aliphatic rings. The summed E-state index contributed by atoms with van der Waals surface area (Å²) in [6.07, 6.45) is 4.11. The SMILES string of the molecule is CCOCN1CCCCC1. The van der Waals surface area contributed by atoms with E-state index in [0.717, 1.165) is 13.3 Å². The number of nitrogens with zero attached hydrogens (tertiary/aromatic N) is 1. The van der Waals surface area contributed by atoms with E-state index < -0.39 is 0 Å². The third-order valence-electron chi connectivity index (χ3n) is 1.93. The first-order valence-corrected chi connectivity index (χ1v) is 4.23. The molecule has 0 N–H and O–H groups in total. The summed E-state index contributed by atoms with van der Waals surface area (Å²) in [5, 5.41) is 0. The van der Waals surface area contributed by atoms with Crippen molar-refractivity contribution in [1.82, 2.24) is 4.90 Å². The molecule has 0 bridgehead atoms. The highest BCUT2D eigenvalue weighted by Gasteiger charge is 2.08. The van der Waals surface area contributed by atoms with Crippen LogP contribution >= 0.6 is 0 Å². The van der Waals surface area contributed by atoms with Crippen molar-refractivity contribution in [2.45, 2.75) is 26.2 Å². The van der Waals surface area contributed by atoms with E-state index >= 15 is 0 Å². The van der Waals surface area contributed by atoms with Crippen molar-refractivity contribution >= 4 is 0 Å². The summed E-state index contributed by atoms with van der Waals surface area (Å²) in [6, 6.07) is 0. The zero-order valence-corrected chi connectivity index (χ0v) is 6.81. The van der Waals surface area contributed by atoms with E-state index in [-0.39, 0.29) is 0 Å². The molecule has 0 spiro atoms. The van der Waals surface area contributed by atoms with Gasteiger partial charge in [-0.05, 0) is 19.8 Å². The van der Waals surface area contributed by atoms with Gasteiger partial charge in [-0.15, -0.1) is 0 Å². The fraction of sp³-hybridized carbons (Fsp3) is 1.00. The molecule has 1 fully saturated rings. The van der Waals surface area contributed by atoms with E-state index in [1.165, 1.54) is 32.4 Å². The van der Waals surface area contributed by atoms with E-state index in [9.17, 15) is 0 Å². The van der Waals surface area contributed by atoms with Crippen molar-refractivity contribution in [3.8, 4) is 0 Å². The van der Waals surface area contributed by atoms with Gasteiger partial charge in [0.2, 0.25) is 0 Å². The van der Waals surface area contributed by atoms with Crippen LogP contribution in [0.2, 0.25) is 0 Å². The second-order valence-corrected chi connectivity index (χ2v) is 2.80. The first-order chi connectivity index (χ1) is 4.93. The summed E-state index contributed by atoms with van der Waals surface area (Å²) in [5.41, 5.74) is 0. The number of rotatable bonds is 3. The summed E-state index contributed by atoms with van der Waals surface area (Å²) in [6.45, 7) is 6.21. The summed E-state index contributed by atoms with van der Waals surface area (Å²) < 4.78 is 5.30. The van der Waals surface area contributed by atoms with Gasteiger partial charge in [0.1, 0.15) is 0 Å². The second-order valence-electron chi connectivity index (χ2n) is 2.80. The minimum Gasteiger partial charge on any atom is -0.366 e. The van der Waals surface area contributed by atoms with Crippen molar-refractivity contribution in [3.05, 3.63) is 0 Å². The first-order valence-electron chi connectivity index (χ1n) is 4.23. The number of piperidine rings is 1. The molecule has 2 nitrogen and oxygen atoms in total. The van der Waals surface area contributed by atoms with Gasteiger partial charge in [-0.3, -0.25) is 4.90 Å². The highest BCUT2D eigenvalue weighted by Crippen LogP contribution is 2.07. The third-order valence-corrected chi connectivity index (χ3v) is 1.93.